The molecule has 286 valence electrons. The van der Waals surface area contributed by atoms with Crippen molar-refractivity contribution >= 4 is 55.4 Å². The summed E-state index contributed by atoms with van der Waals surface area (Å²) in [6.45, 7) is 3.86. The SMILES string of the molecule is Cc1cccc(S(=O)(=O)NC(=O)Nc2cccc(C(=O)OCCCCCCCCOC(=O)c3cccc(NC(=O)NS(=O)(=O)c4cccc(C)c4)c3)c2)c1. The Morgan fingerprint density at radius 1 is 0.500 bits per heavy atom. The van der Waals surface area contributed by atoms with E-state index in [-0.39, 0.29) is 45.5 Å². The molecule has 0 radical (unpaired) electrons. The van der Waals surface area contributed by atoms with Crippen molar-refractivity contribution in [1.82, 2.24) is 9.44 Å². The molecule has 14 nitrogen and oxygen atoms in total. The fourth-order valence-electron chi connectivity index (χ4n) is 5.10. The van der Waals surface area contributed by atoms with Gasteiger partial charge in [0.2, 0.25) is 0 Å². The van der Waals surface area contributed by atoms with Crippen LogP contribution in [0.25, 0.3) is 0 Å². The number of aryl methyl sites for hydroxylation is 2. The summed E-state index contributed by atoms with van der Waals surface area (Å²) < 4.78 is 64.6. The minimum absolute atomic E-state index is 0.0482. The molecule has 0 aliphatic heterocycles. The summed E-state index contributed by atoms with van der Waals surface area (Å²) in [5.74, 6) is -1.16. The Kier molecular flexibility index (Phi) is 14.7. The van der Waals surface area contributed by atoms with Gasteiger partial charge in [0.15, 0.2) is 0 Å². The minimum Gasteiger partial charge on any atom is -0.462 e. The third-order valence-corrected chi connectivity index (χ3v) is 10.4. The third kappa shape index (κ3) is 13.0. The van der Waals surface area contributed by atoms with Gasteiger partial charge in [-0.05, 0) is 98.5 Å². The molecule has 4 aromatic carbocycles. The third-order valence-electron chi connectivity index (χ3n) is 7.77. The van der Waals surface area contributed by atoms with Crippen LogP contribution in [0.4, 0.5) is 21.0 Å². The van der Waals surface area contributed by atoms with Crippen LogP contribution in [0.2, 0.25) is 0 Å². The van der Waals surface area contributed by atoms with Gasteiger partial charge < -0.3 is 20.1 Å². The lowest BCUT2D eigenvalue weighted by atomic mass is 10.1. The van der Waals surface area contributed by atoms with Crippen LogP contribution >= 0.6 is 0 Å². The van der Waals surface area contributed by atoms with Gasteiger partial charge in [0.05, 0.1) is 34.1 Å². The van der Waals surface area contributed by atoms with Gasteiger partial charge in [0.25, 0.3) is 20.0 Å². The van der Waals surface area contributed by atoms with Crippen molar-refractivity contribution in [2.24, 2.45) is 0 Å². The topological polar surface area (TPSA) is 203 Å². The van der Waals surface area contributed by atoms with E-state index in [1.54, 1.807) is 50.2 Å². The number of hydrogen-bond acceptors (Lipinski definition) is 10. The highest BCUT2D eigenvalue weighted by molar-refractivity contribution is 7.90. The molecule has 4 N–H and O–H groups in total. The first-order valence-electron chi connectivity index (χ1n) is 17.1. The summed E-state index contributed by atoms with van der Waals surface area (Å²) in [5, 5.41) is 4.84. The van der Waals surface area contributed by atoms with E-state index in [1.165, 1.54) is 60.7 Å². The molecule has 4 amide bonds. The Bertz CT molecular complexity index is 2040. The molecule has 0 bridgehead atoms. The average Bonchev–Trinajstić information content (AvgIpc) is 3.12. The predicted molar refractivity (Wildman–Crippen MR) is 202 cm³/mol. The van der Waals surface area contributed by atoms with E-state index in [4.69, 9.17) is 9.47 Å². The number of hydrogen-bond donors (Lipinski definition) is 4. The van der Waals surface area contributed by atoms with Crippen LogP contribution in [0.5, 0.6) is 0 Å². The number of nitrogens with one attached hydrogen (secondary N) is 4. The second-order valence-electron chi connectivity index (χ2n) is 12.3. The van der Waals surface area contributed by atoms with E-state index >= 15 is 0 Å². The molecule has 0 fully saturated rings. The van der Waals surface area contributed by atoms with Crippen LogP contribution in [0.15, 0.2) is 107 Å². The molecule has 16 heteroatoms. The largest absolute Gasteiger partial charge is 0.462 e. The van der Waals surface area contributed by atoms with Crippen LogP contribution in [0.3, 0.4) is 0 Å². The maximum absolute atomic E-state index is 12.5. The standard InChI is InChI=1S/C38H42N4O10S2/c1-27-13-9-19-33(23-27)53(47,48)41-37(45)39-31-17-11-15-29(25-31)35(43)51-21-7-5-3-4-6-8-22-52-36(44)30-16-12-18-32(26-30)40-38(46)42-54(49,50)34-20-10-14-28(2)24-34/h9-20,23-26H,3-8,21-22H2,1-2H3,(H2,39,41,45)(H2,40,42,46). The number of ether oxygens (including phenoxy) is 2. The van der Waals surface area contributed by atoms with Gasteiger partial charge >= 0.3 is 24.0 Å². The number of carbonyl (C=O) groups is 4. The fourth-order valence-corrected chi connectivity index (χ4v) is 7.12. The number of esters is 2. The normalized spacial score (nSPS) is 11.2. The summed E-state index contributed by atoms with van der Waals surface area (Å²) in [5.41, 5.74) is 2.27. The van der Waals surface area contributed by atoms with E-state index in [9.17, 15) is 36.0 Å². The van der Waals surface area contributed by atoms with Gasteiger partial charge in [-0.25, -0.2) is 45.5 Å². The van der Waals surface area contributed by atoms with E-state index in [1.807, 2.05) is 9.44 Å². The molecule has 54 heavy (non-hydrogen) atoms. The lowest BCUT2D eigenvalue weighted by molar-refractivity contribution is 0.0484. The fraction of sp³-hybridized carbons (Fsp3) is 0.263. The van der Waals surface area contributed by atoms with Gasteiger partial charge in [-0.1, -0.05) is 62.1 Å². The summed E-state index contributed by atoms with van der Waals surface area (Å²) in [6, 6.07) is 22.2. The van der Waals surface area contributed by atoms with E-state index < -0.39 is 44.0 Å². The molecular formula is C38H42N4O10S2. The second-order valence-corrected chi connectivity index (χ2v) is 15.7. The molecule has 0 saturated heterocycles. The molecule has 0 unspecified atom stereocenters. The van der Waals surface area contributed by atoms with Crippen LogP contribution < -0.4 is 20.1 Å². The maximum atomic E-state index is 12.5. The van der Waals surface area contributed by atoms with Crippen molar-refractivity contribution in [3.8, 4) is 0 Å². The van der Waals surface area contributed by atoms with Crippen molar-refractivity contribution in [2.75, 3.05) is 23.8 Å². The maximum Gasteiger partial charge on any atom is 0.338 e. The molecule has 0 atom stereocenters. The Labute approximate surface area is 314 Å². The molecule has 4 aromatic rings. The Hall–Kier alpha value is -5.74. The lowest BCUT2D eigenvalue weighted by Gasteiger charge is -2.10. The van der Waals surface area contributed by atoms with E-state index in [2.05, 4.69) is 10.6 Å². The van der Waals surface area contributed by atoms with E-state index in [0.717, 1.165) is 36.8 Å². The van der Waals surface area contributed by atoms with Crippen molar-refractivity contribution in [1.29, 1.82) is 0 Å². The van der Waals surface area contributed by atoms with Crippen molar-refractivity contribution < 1.29 is 45.5 Å². The number of anilines is 2. The second kappa shape index (κ2) is 19.4. The van der Waals surface area contributed by atoms with Crippen molar-refractivity contribution in [3.05, 3.63) is 119 Å². The summed E-state index contributed by atoms with van der Waals surface area (Å²) in [7, 11) is -8.17. The molecule has 0 saturated carbocycles. The Morgan fingerprint density at radius 2 is 0.870 bits per heavy atom. The number of amides is 4. The van der Waals surface area contributed by atoms with Gasteiger partial charge in [0.1, 0.15) is 0 Å². The quantitative estimate of drug-likeness (QED) is 0.0662. The van der Waals surface area contributed by atoms with Crippen LogP contribution in [0.1, 0.15) is 70.4 Å². The smallest absolute Gasteiger partial charge is 0.338 e. The zero-order valence-corrected chi connectivity index (χ0v) is 31.4. The van der Waals surface area contributed by atoms with Crippen molar-refractivity contribution in [2.45, 2.75) is 62.2 Å². The molecule has 4 rings (SSSR count). The van der Waals surface area contributed by atoms with E-state index in [0.29, 0.717) is 12.8 Å². The highest BCUT2D eigenvalue weighted by Crippen LogP contribution is 2.16. The molecular weight excluding hydrogens is 737 g/mol. The van der Waals surface area contributed by atoms with Gasteiger partial charge in [-0.3, -0.25) is 0 Å². The van der Waals surface area contributed by atoms with Gasteiger partial charge in [-0.2, -0.15) is 0 Å². The first kappa shape index (κ1) is 41.0. The summed E-state index contributed by atoms with van der Waals surface area (Å²) in [4.78, 5) is 49.7. The Balaban J connectivity index is 1.08. The average molecular weight is 779 g/mol. The number of rotatable bonds is 17. The molecule has 0 aliphatic rings. The predicted octanol–water partition coefficient (Wildman–Crippen LogP) is 6.68. The molecule has 0 spiro atoms. The molecule has 0 aliphatic carbocycles. The number of carbonyl (C=O) groups excluding carboxylic acids is 4. The molecule has 0 aromatic heterocycles. The zero-order chi connectivity index (χ0) is 39.1. The number of unbranched alkanes of at least 4 members (excludes halogenated alkanes) is 5. The van der Waals surface area contributed by atoms with Crippen LogP contribution in [-0.4, -0.2) is 54.1 Å². The number of urea groups is 2. The first-order valence-corrected chi connectivity index (χ1v) is 20.0. The number of sulfonamides is 2. The van der Waals surface area contributed by atoms with Gasteiger partial charge in [-0.15, -0.1) is 0 Å². The van der Waals surface area contributed by atoms with Crippen LogP contribution in [-0.2, 0) is 29.5 Å². The minimum atomic E-state index is -4.08. The number of benzene rings is 4. The van der Waals surface area contributed by atoms with Crippen molar-refractivity contribution in [3.63, 3.8) is 0 Å². The Morgan fingerprint density at radius 3 is 1.26 bits per heavy atom. The highest BCUT2D eigenvalue weighted by atomic mass is 32.2. The van der Waals surface area contributed by atoms with Gasteiger partial charge in [0, 0.05) is 11.4 Å². The summed E-state index contributed by atoms with van der Waals surface area (Å²) in [6.07, 6.45) is 4.64. The summed E-state index contributed by atoms with van der Waals surface area (Å²) >= 11 is 0. The monoisotopic (exact) mass is 778 g/mol. The zero-order valence-electron chi connectivity index (χ0n) is 29.8. The highest BCUT2D eigenvalue weighted by Gasteiger charge is 2.20. The lowest BCUT2D eigenvalue weighted by Crippen LogP contribution is -2.34. The first-order chi connectivity index (χ1) is 25.7. The molecule has 0 heterocycles. The van der Waals surface area contributed by atoms with Crippen LogP contribution in [0, 0.1) is 13.8 Å².